The Labute approximate surface area is 156 Å². The van der Waals surface area contributed by atoms with Crippen LogP contribution in [0, 0.1) is 0 Å². The van der Waals surface area contributed by atoms with Crippen LogP contribution in [0.1, 0.15) is 23.6 Å². The third-order valence-electron chi connectivity index (χ3n) is 4.26. The predicted octanol–water partition coefficient (Wildman–Crippen LogP) is 2.49. The number of benzene rings is 2. The van der Waals surface area contributed by atoms with Crippen LogP contribution in [0.4, 0.5) is 5.69 Å². The molecule has 2 aromatic rings. The summed E-state index contributed by atoms with van der Waals surface area (Å²) < 4.78 is 23.3. The largest absolute Gasteiger partial charge is 0.341 e. The zero-order chi connectivity index (χ0) is 18.9. The van der Waals surface area contributed by atoms with E-state index in [9.17, 15) is 18.0 Å². The van der Waals surface area contributed by atoms with Crippen molar-refractivity contribution in [3.8, 4) is 0 Å². The van der Waals surface area contributed by atoms with Crippen molar-refractivity contribution in [1.29, 1.82) is 0 Å². The maximum absolute atomic E-state index is 12.2. The molecule has 136 valence electrons. The van der Waals surface area contributed by atoms with Crippen molar-refractivity contribution in [1.82, 2.24) is 5.32 Å². The lowest BCUT2D eigenvalue weighted by Crippen LogP contribution is -2.37. The lowest BCUT2D eigenvalue weighted by atomic mass is 10.1. The second kappa shape index (κ2) is 7.09. The first-order chi connectivity index (χ1) is 12.3. The van der Waals surface area contributed by atoms with Gasteiger partial charge < -0.3 is 10.6 Å². The third-order valence-corrected chi connectivity index (χ3v) is 5.70. The summed E-state index contributed by atoms with van der Waals surface area (Å²) in [4.78, 5) is 24.4. The summed E-state index contributed by atoms with van der Waals surface area (Å²) in [7, 11) is -3.46. The van der Waals surface area contributed by atoms with Gasteiger partial charge in [0, 0.05) is 6.26 Å². The van der Waals surface area contributed by atoms with Crippen LogP contribution in [0.2, 0.25) is 5.02 Å². The summed E-state index contributed by atoms with van der Waals surface area (Å²) >= 11 is 5.99. The number of hydrogen-bond donors (Lipinski definition) is 2. The third kappa shape index (κ3) is 3.89. The molecule has 0 bridgehead atoms. The summed E-state index contributed by atoms with van der Waals surface area (Å²) in [5.74, 6) is -1.70. The van der Waals surface area contributed by atoms with Crippen LogP contribution in [-0.2, 0) is 25.8 Å². The Bertz CT molecular complexity index is 988. The zero-order valence-electron chi connectivity index (χ0n) is 14.0. The molecule has 1 aliphatic rings. The second-order valence-electron chi connectivity index (χ2n) is 6.13. The van der Waals surface area contributed by atoms with E-state index in [-0.39, 0.29) is 21.6 Å². The maximum Gasteiger partial charge on any atom is 0.313 e. The summed E-state index contributed by atoms with van der Waals surface area (Å²) in [5.41, 5.74) is 2.23. The van der Waals surface area contributed by atoms with Gasteiger partial charge in [0.15, 0.2) is 9.84 Å². The van der Waals surface area contributed by atoms with E-state index < -0.39 is 21.7 Å². The monoisotopic (exact) mass is 392 g/mol. The minimum absolute atomic E-state index is 0.00216. The van der Waals surface area contributed by atoms with E-state index >= 15 is 0 Å². The highest BCUT2D eigenvalue weighted by Gasteiger charge is 2.26. The fourth-order valence-corrected chi connectivity index (χ4v) is 3.75. The smallest absolute Gasteiger partial charge is 0.313 e. The number of aryl methyl sites for hydroxylation is 1. The highest BCUT2D eigenvalue weighted by Crippen LogP contribution is 2.30. The average molecular weight is 393 g/mol. The molecular weight excluding hydrogens is 376 g/mol. The van der Waals surface area contributed by atoms with Crippen molar-refractivity contribution >= 4 is 38.9 Å². The van der Waals surface area contributed by atoms with Crippen LogP contribution in [-0.4, -0.2) is 26.5 Å². The van der Waals surface area contributed by atoms with Gasteiger partial charge in [-0.2, -0.15) is 0 Å². The number of carbonyl (C=O) groups excluding carboxylic acids is 2. The van der Waals surface area contributed by atoms with Gasteiger partial charge in [-0.1, -0.05) is 35.9 Å². The van der Waals surface area contributed by atoms with E-state index in [2.05, 4.69) is 10.6 Å². The Morgan fingerprint density at radius 1 is 1.12 bits per heavy atom. The van der Waals surface area contributed by atoms with Crippen molar-refractivity contribution in [2.75, 3.05) is 11.6 Å². The first-order valence-electron chi connectivity index (χ1n) is 7.95. The van der Waals surface area contributed by atoms with Crippen LogP contribution in [0.15, 0.2) is 47.4 Å². The fourth-order valence-electron chi connectivity index (χ4n) is 2.94. The topological polar surface area (TPSA) is 92.3 Å². The summed E-state index contributed by atoms with van der Waals surface area (Å²) in [5, 5.41) is 5.22. The number of nitrogens with one attached hydrogen (secondary N) is 2. The lowest BCUT2D eigenvalue weighted by molar-refractivity contribution is -0.136. The molecule has 0 fully saturated rings. The van der Waals surface area contributed by atoms with E-state index in [0.717, 1.165) is 30.2 Å². The van der Waals surface area contributed by atoms with E-state index in [4.69, 9.17) is 11.6 Å². The standard InChI is InChI=1S/C18H17ClN2O4S/c1-26(24,25)12-7-8-14(19)16(10-12)21-18(23)17(22)20-15-9-6-11-4-2-3-5-13(11)15/h2-5,7-8,10,15H,6,9H2,1H3,(H,20,22)(H,21,23)/t15-/m0/s1. The van der Waals surface area contributed by atoms with Crippen LogP contribution >= 0.6 is 11.6 Å². The molecule has 2 N–H and O–H groups in total. The molecule has 0 aromatic heterocycles. The van der Waals surface area contributed by atoms with Crippen molar-refractivity contribution in [3.63, 3.8) is 0 Å². The molecule has 8 heteroatoms. The van der Waals surface area contributed by atoms with Gasteiger partial charge in [-0.05, 0) is 42.2 Å². The summed E-state index contributed by atoms with van der Waals surface area (Å²) in [6, 6.07) is 11.5. The quantitative estimate of drug-likeness (QED) is 0.785. The number of amides is 2. The summed E-state index contributed by atoms with van der Waals surface area (Å²) in [6.07, 6.45) is 2.61. The lowest BCUT2D eigenvalue weighted by Gasteiger charge is -2.14. The summed E-state index contributed by atoms with van der Waals surface area (Å²) in [6.45, 7) is 0. The molecule has 2 aromatic carbocycles. The van der Waals surface area contributed by atoms with Gasteiger partial charge in [0.2, 0.25) is 0 Å². The normalized spacial score (nSPS) is 16.0. The van der Waals surface area contributed by atoms with Gasteiger partial charge in [-0.25, -0.2) is 8.42 Å². The number of anilines is 1. The number of hydrogen-bond acceptors (Lipinski definition) is 4. The number of fused-ring (bicyclic) bond motifs is 1. The van der Waals surface area contributed by atoms with E-state index in [1.54, 1.807) is 0 Å². The van der Waals surface area contributed by atoms with Gasteiger partial charge in [-0.3, -0.25) is 9.59 Å². The zero-order valence-corrected chi connectivity index (χ0v) is 15.5. The molecule has 26 heavy (non-hydrogen) atoms. The van der Waals surface area contributed by atoms with Gasteiger partial charge in [0.05, 0.1) is 21.6 Å². The highest BCUT2D eigenvalue weighted by molar-refractivity contribution is 7.90. The SMILES string of the molecule is CS(=O)(=O)c1ccc(Cl)c(NC(=O)C(=O)N[C@H]2CCc3ccccc32)c1. The Kier molecular flexibility index (Phi) is 5.02. The van der Waals surface area contributed by atoms with Crippen molar-refractivity contribution in [3.05, 3.63) is 58.6 Å². The fraction of sp³-hybridized carbons (Fsp3) is 0.222. The highest BCUT2D eigenvalue weighted by atomic mass is 35.5. The van der Waals surface area contributed by atoms with Crippen molar-refractivity contribution in [2.24, 2.45) is 0 Å². The van der Waals surface area contributed by atoms with E-state index in [1.165, 1.54) is 18.2 Å². The molecule has 0 unspecified atom stereocenters. The first kappa shape index (κ1) is 18.4. The number of rotatable bonds is 3. The molecule has 6 nitrogen and oxygen atoms in total. The Morgan fingerprint density at radius 3 is 2.58 bits per heavy atom. The first-order valence-corrected chi connectivity index (χ1v) is 10.2. The molecule has 3 rings (SSSR count). The van der Waals surface area contributed by atoms with Crippen LogP contribution in [0.25, 0.3) is 0 Å². The predicted molar refractivity (Wildman–Crippen MR) is 98.8 cm³/mol. The molecule has 0 heterocycles. The molecule has 1 aliphatic carbocycles. The molecule has 0 saturated heterocycles. The van der Waals surface area contributed by atoms with Crippen molar-refractivity contribution < 1.29 is 18.0 Å². The van der Waals surface area contributed by atoms with Crippen LogP contribution in [0.3, 0.4) is 0 Å². The molecular formula is C18H17ClN2O4S. The molecule has 1 atom stereocenters. The number of sulfone groups is 1. The molecule has 2 amide bonds. The Balaban J connectivity index is 1.72. The molecule has 0 saturated carbocycles. The molecule has 0 aliphatic heterocycles. The Morgan fingerprint density at radius 2 is 1.85 bits per heavy atom. The Hall–Kier alpha value is -2.38. The number of carbonyl (C=O) groups is 2. The maximum atomic E-state index is 12.2. The van der Waals surface area contributed by atoms with Gasteiger partial charge >= 0.3 is 11.8 Å². The minimum Gasteiger partial charge on any atom is -0.341 e. The van der Waals surface area contributed by atoms with Gasteiger partial charge in [-0.15, -0.1) is 0 Å². The van der Waals surface area contributed by atoms with E-state index in [0.29, 0.717) is 0 Å². The van der Waals surface area contributed by atoms with Crippen molar-refractivity contribution in [2.45, 2.75) is 23.8 Å². The number of halogens is 1. The van der Waals surface area contributed by atoms with Gasteiger partial charge in [0.1, 0.15) is 0 Å². The molecule has 0 spiro atoms. The average Bonchev–Trinajstić information content (AvgIpc) is 2.99. The van der Waals surface area contributed by atoms with Gasteiger partial charge in [0.25, 0.3) is 0 Å². The van der Waals surface area contributed by atoms with Crippen LogP contribution < -0.4 is 10.6 Å². The minimum atomic E-state index is -3.46. The second-order valence-corrected chi connectivity index (χ2v) is 8.55. The van der Waals surface area contributed by atoms with Crippen LogP contribution in [0.5, 0.6) is 0 Å². The molecule has 0 radical (unpaired) electrons. The van der Waals surface area contributed by atoms with E-state index in [1.807, 2.05) is 24.3 Å².